The van der Waals surface area contributed by atoms with Gasteiger partial charge in [0.15, 0.2) is 5.96 Å². The van der Waals surface area contributed by atoms with Gasteiger partial charge in [-0.3, -0.25) is 0 Å². The van der Waals surface area contributed by atoms with Crippen LogP contribution in [-0.2, 0) is 4.74 Å². The average molecular weight is 481 g/mol. The number of guanidine groups is 1. The fraction of sp³-hybridized carbons (Fsp3) is 0.476. The first kappa shape index (κ1) is 20.2. The Morgan fingerprint density at radius 3 is 2.81 bits per heavy atom. The first-order chi connectivity index (χ1) is 12.8. The zero-order valence-electron chi connectivity index (χ0n) is 15.7. The number of hydrogen-bond acceptors (Lipinski definition) is 3. The van der Waals surface area contributed by atoms with Crippen LogP contribution in [0, 0.1) is 0 Å². The Bertz CT molecular complexity index is 778. The number of aliphatic imine (C=N–C) groups is 1. The summed E-state index contributed by atoms with van der Waals surface area (Å²) in [6, 6.07) is 14.8. The van der Waals surface area contributed by atoms with Crippen LogP contribution in [0.2, 0.25) is 0 Å². The number of nitrogens with one attached hydrogen (secondary N) is 2. The number of benzene rings is 2. The molecular formula is C21H28IN3O2. The molecule has 2 aromatic rings. The minimum absolute atomic E-state index is 0. The highest BCUT2D eigenvalue weighted by Crippen LogP contribution is 2.34. The van der Waals surface area contributed by atoms with Crippen LogP contribution in [-0.4, -0.2) is 43.9 Å². The summed E-state index contributed by atoms with van der Waals surface area (Å²) < 4.78 is 11.9. The van der Waals surface area contributed by atoms with Gasteiger partial charge in [0.25, 0.3) is 0 Å². The molecule has 27 heavy (non-hydrogen) atoms. The zero-order chi connectivity index (χ0) is 17.8. The van der Waals surface area contributed by atoms with Crippen molar-refractivity contribution in [2.24, 2.45) is 4.99 Å². The molecule has 4 rings (SSSR count). The van der Waals surface area contributed by atoms with Gasteiger partial charge in [0.1, 0.15) is 12.4 Å². The molecule has 0 amide bonds. The maximum absolute atomic E-state index is 5.98. The second kappa shape index (κ2) is 9.59. The normalized spacial score (nSPS) is 23.9. The lowest BCUT2D eigenvalue weighted by Crippen LogP contribution is -2.47. The van der Waals surface area contributed by atoms with Gasteiger partial charge >= 0.3 is 0 Å². The van der Waals surface area contributed by atoms with Crippen molar-refractivity contribution in [3.63, 3.8) is 0 Å². The van der Waals surface area contributed by atoms with E-state index in [0.717, 1.165) is 36.5 Å². The molecule has 0 radical (unpaired) electrons. The molecule has 0 spiro atoms. The molecule has 0 saturated carbocycles. The van der Waals surface area contributed by atoms with E-state index in [4.69, 9.17) is 9.47 Å². The predicted octanol–water partition coefficient (Wildman–Crippen LogP) is 3.71. The topological polar surface area (TPSA) is 54.9 Å². The van der Waals surface area contributed by atoms with Crippen LogP contribution >= 0.6 is 24.0 Å². The summed E-state index contributed by atoms with van der Waals surface area (Å²) in [4.78, 5) is 4.67. The minimum atomic E-state index is 0. The van der Waals surface area contributed by atoms with E-state index < -0.39 is 0 Å². The fourth-order valence-electron chi connectivity index (χ4n) is 3.92. The first-order valence-corrected chi connectivity index (χ1v) is 9.64. The first-order valence-electron chi connectivity index (χ1n) is 9.64. The molecule has 2 saturated heterocycles. The molecule has 2 aliphatic rings. The summed E-state index contributed by atoms with van der Waals surface area (Å²) in [6.07, 6.45) is 4.23. The summed E-state index contributed by atoms with van der Waals surface area (Å²) in [5.74, 6) is 1.77. The monoisotopic (exact) mass is 481 g/mol. The maximum atomic E-state index is 5.98. The molecule has 2 aromatic carbocycles. The Kier molecular flexibility index (Phi) is 7.18. The lowest BCUT2D eigenvalue weighted by molar-refractivity contribution is 0.0992. The Balaban J connectivity index is 0.00000210. The molecule has 2 bridgehead atoms. The van der Waals surface area contributed by atoms with Gasteiger partial charge in [-0.2, -0.15) is 0 Å². The van der Waals surface area contributed by atoms with Crippen molar-refractivity contribution >= 4 is 40.7 Å². The van der Waals surface area contributed by atoms with E-state index in [9.17, 15) is 0 Å². The molecule has 0 aromatic heterocycles. The smallest absolute Gasteiger partial charge is 0.191 e. The fourth-order valence-corrected chi connectivity index (χ4v) is 3.92. The van der Waals surface area contributed by atoms with Crippen LogP contribution in [0.25, 0.3) is 10.8 Å². The van der Waals surface area contributed by atoms with Crippen molar-refractivity contribution < 1.29 is 9.47 Å². The third kappa shape index (κ3) is 4.85. The Morgan fingerprint density at radius 2 is 2.04 bits per heavy atom. The molecular weight excluding hydrogens is 453 g/mol. The molecule has 3 atom stereocenters. The quantitative estimate of drug-likeness (QED) is 0.286. The van der Waals surface area contributed by atoms with Gasteiger partial charge in [0, 0.05) is 11.9 Å². The van der Waals surface area contributed by atoms with Crippen LogP contribution in [0.1, 0.15) is 26.2 Å². The molecule has 5 nitrogen and oxygen atoms in total. The molecule has 0 aliphatic carbocycles. The third-order valence-corrected chi connectivity index (χ3v) is 5.14. The molecule has 2 N–H and O–H groups in total. The van der Waals surface area contributed by atoms with Crippen LogP contribution in [0.5, 0.6) is 5.75 Å². The van der Waals surface area contributed by atoms with Gasteiger partial charge in [0.2, 0.25) is 0 Å². The highest BCUT2D eigenvalue weighted by atomic mass is 127. The van der Waals surface area contributed by atoms with Crippen LogP contribution in [0.15, 0.2) is 47.5 Å². The molecule has 6 heteroatoms. The van der Waals surface area contributed by atoms with Gasteiger partial charge in [-0.05, 0) is 37.6 Å². The number of rotatable bonds is 6. The van der Waals surface area contributed by atoms with Crippen LogP contribution in [0.3, 0.4) is 0 Å². The highest BCUT2D eigenvalue weighted by molar-refractivity contribution is 14.0. The standard InChI is InChI=1S/C21H27N3O2.HI/c1-2-22-21(24-18-14-16-10-11-20(18)26-16)23-12-13-25-19-9-5-7-15-6-3-4-8-17(15)19;/h3-9,16,18,20H,2,10-14H2,1H3,(H2,22,23,24);1H. The van der Waals surface area contributed by atoms with Crippen LogP contribution < -0.4 is 15.4 Å². The summed E-state index contributed by atoms with van der Waals surface area (Å²) >= 11 is 0. The zero-order valence-corrected chi connectivity index (χ0v) is 18.0. The summed E-state index contributed by atoms with van der Waals surface area (Å²) in [5.41, 5.74) is 0. The van der Waals surface area contributed by atoms with E-state index in [1.807, 2.05) is 24.3 Å². The van der Waals surface area contributed by atoms with E-state index in [1.54, 1.807) is 0 Å². The number of hydrogen-bond donors (Lipinski definition) is 2. The van der Waals surface area contributed by atoms with Crippen molar-refractivity contribution in [2.45, 2.75) is 44.4 Å². The number of ether oxygens (including phenoxy) is 2. The van der Waals surface area contributed by atoms with Crippen molar-refractivity contribution in [3.8, 4) is 5.75 Å². The van der Waals surface area contributed by atoms with E-state index in [2.05, 4.69) is 40.7 Å². The van der Waals surface area contributed by atoms with Crippen molar-refractivity contribution in [3.05, 3.63) is 42.5 Å². The van der Waals surface area contributed by atoms with E-state index in [-0.39, 0.29) is 24.0 Å². The average Bonchev–Trinajstić information content (AvgIpc) is 3.28. The largest absolute Gasteiger partial charge is 0.491 e. The molecule has 146 valence electrons. The van der Waals surface area contributed by atoms with E-state index in [0.29, 0.717) is 31.4 Å². The highest BCUT2D eigenvalue weighted by Gasteiger charge is 2.41. The van der Waals surface area contributed by atoms with E-state index >= 15 is 0 Å². The second-order valence-corrected chi connectivity index (χ2v) is 6.95. The van der Waals surface area contributed by atoms with Gasteiger partial charge in [-0.25, -0.2) is 4.99 Å². The second-order valence-electron chi connectivity index (χ2n) is 6.95. The Labute approximate surface area is 177 Å². The van der Waals surface area contributed by atoms with Gasteiger partial charge < -0.3 is 20.1 Å². The Hall–Kier alpha value is -1.54. The predicted molar refractivity (Wildman–Crippen MR) is 120 cm³/mol. The summed E-state index contributed by atoms with van der Waals surface area (Å²) in [6.45, 7) is 4.09. The number of fused-ring (bicyclic) bond motifs is 3. The molecule has 2 fully saturated rings. The van der Waals surface area contributed by atoms with Gasteiger partial charge in [-0.1, -0.05) is 36.4 Å². The van der Waals surface area contributed by atoms with Crippen LogP contribution in [0.4, 0.5) is 0 Å². The van der Waals surface area contributed by atoms with Gasteiger partial charge in [-0.15, -0.1) is 24.0 Å². The third-order valence-electron chi connectivity index (χ3n) is 5.14. The SMILES string of the molecule is CCNC(=NCCOc1cccc2ccccc12)NC1CC2CCC1O2.I. The maximum Gasteiger partial charge on any atom is 0.191 e. The van der Waals surface area contributed by atoms with Gasteiger partial charge in [0.05, 0.1) is 24.8 Å². The lowest BCUT2D eigenvalue weighted by atomic mass is 9.96. The van der Waals surface area contributed by atoms with Crippen molar-refractivity contribution in [1.82, 2.24) is 10.6 Å². The van der Waals surface area contributed by atoms with Crippen molar-refractivity contribution in [1.29, 1.82) is 0 Å². The van der Waals surface area contributed by atoms with Crippen molar-refractivity contribution in [2.75, 3.05) is 19.7 Å². The van der Waals surface area contributed by atoms with E-state index in [1.165, 1.54) is 11.8 Å². The summed E-state index contributed by atoms with van der Waals surface area (Å²) in [5, 5.41) is 9.20. The molecule has 3 unspecified atom stereocenters. The minimum Gasteiger partial charge on any atom is -0.491 e. The molecule has 2 aliphatic heterocycles. The molecule has 2 heterocycles. The number of halogens is 1. The lowest BCUT2D eigenvalue weighted by Gasteiger charge is -2.22. The summed E-state index contributed by atoms with van der Waals surface area (Å²) in [7, 11) is 0. The Morgan fingerprint density at radius 1 is 1.19 bits per heavy atom. The number of nitrogens with zero attached hydrogens (tertiary/aromatic N) is 1.